The molecule has 0 unspecified atom stereocenters. The number of aryl methyl sites for hydroxylation is 2. The highest BCUT2D eigenvalue weighted by Gasteiger charge is 2.41. The largest absolute Gasteiger partial charge is 0.352 e. The Labute approximate surface area is 200 Å². The molecule has 2 aromatic heterocycles. The molecule has 1 aliphatic heterocycles. The summed E-state index contributed by atoms with van der Waals surface area (Å²) >= 11 is 5.87. The molecule has 1 saturated heterocycles. The fourth-order valence-corrected chi connectivity index (χ4v) is 5.25. The number of aromatic nitrogens is 2. The van der Waals surface area contributed by atoms with Crippen LogP contribution < -0.4 is 5.32 Å². The van der Waals surface area contributed by atoms with Gasteiger partial charge in [-0.15, -0.1) is 0 Å². The molecular weight excluding hydrogens is 424 g/mol. The van der Waals surface area contributed by atoms with Crippen molar-refractivity contribution in [3.8, 4) is 5.69 Å². The van der Waals surface area contributed by atoms with Crippen molar-refractivity contribution in [1.29, 1.82) is 0 Å². The van der Waals surface area contributed by atoms with E-state index >= 15 is 0 Å². The van der Waals surface area contributed by atoms with Gasteiger partial charge in [0.2, 0.25) is 0 Å². The minimum Gasteiger partial charge on any atom is -0.352 e. The molecule has 33 heavy (non-hydrogen) atoms. The lowest BCUT2D eigenvalue weighted by atomic mass is 9.96. The van der Waals surface area contributed by atoms with Crippen molar-refractivity contribution in [2.24, 2.45) is 0 Å². The van der Waals surface area contributed by atoms with Gasteiger partial charge in [-0.3, -0.25) is 4.98 Å². The molecule has 0 saturated carbocycles. The number of nitrogens with zero attached hydrogens (tertiary/aromatic N) is 3. The van der Waals surface area contributed by atoms with Gasteiger partial charge < -0.3 is 14.8 Å². The summed E-state index contributed by atoms with van der Waals surface area (Å²) in [6.45, 7) is 7.27. The van der Waals surface area contributed by atoms with Crippen molar-refractivity contribution in [1.82, 2.24) is 19.8 Å². The molecule has 166 valence electrons. The Balaban J connectivity index is 1.62. The van der Waals surface area contributed by atoms with Gasteiger partial charge in [-0.2, -0.15) is 0 Å². The molecule has 0 bridgehead atoms. The maximum Gasteiger partial charge on any atom is 0.170 e. The van der Waals surface area contributed by atoms with E-state index in [-0.39, 0.29) is 12.1 Å². The number of pyridine rings is 1. The topological polar surface area (TPSA) is 33.1 Å². The fraction of sp³-hybridized carbons (Fsp3) is 0.214. The molecule has 0 aliphatic carbocycles. The molecule has 2 aromatic carbocycles. The Morgan fingerprint density at radius 3 is 2.42 bits per heavy atom. The highest BCUT2D eigenvalue weighted by atomic mass is 32.1. The van der Waals surface area contributed by atoms with E-state index in [0.717, 1.165) is 17.4 Å². The predicted octanol–water partition coefficient (Wildman–Crippen LogP) is 5.97. The van der Waals surface area contributed by atoms with Gasteiger partial charge in [-0.25, -0.2) is 0 Å². The second-order valence-electron chi connectivity index (χ2n) is 8.74. The van der Waals surface area contributed by atoms with Crippen LogP contribution in [0.1, 0.15) is 45.9 Å². The number of hydrogen-bond donors (Lipinski definition) is 1. The van der Waals surface area contributed by atoms with Crippen molar-refractivity contribution in [2.45, 2.75) is 39.4 Å². The van der Waals surface area contributed by atoms with Crippen LogP contribution in [0.4, 0.5) is 0 Å². The van der Waals surface area contributed by atoms with Gasteiger partial charge in [0.05, 0.1) is 17.8 Å². The van der Waals surface area contributed by atoms with Crippen LogP contribution in [0.25, 0.3) is 5.69 Å². The third kappa shape index (κ3) is 4.05. The summed E-state index contributed by atoms with van der Waals surface area (Å²) in [7, 11) is 0. The lowest BCUT2D eigenvalue weighted by Crippen LogP contribution is -2.29. The first-order valence-corrected chi connectivity index (χ1v) is 11.7. The van der Waals surface area contributed by atoms with E-state index in [0.29, 0.717) is 0 Å². The molecule has 4 aromatic rings. The molecule has 0 radical (unpaired) electrons. The quantitative estimate of drug-likeness (QED) is 0.378. The number of benzene rings is 2. The summed E-state index contributed by atoms with van der Waals surface area (Å²) in [5, 5.41) is 4.34. The van der Waals surface area contributed by atoms with E-state index in [2.05, 4.69) is 101 Å². The minimum absolute atomic E-state index is 0.0196. The number of thiocarbonyl (C=S) groups is 1. The second kappa shape index (κ2) is 8.83. The molecule has 3 heterocycles. The molecule has 4 nitrogen and oxygen atoms in total. The Morgan fingerprint density at radius 1 is 0.909 bits per heavy atom. The van der Waals surface area contributed by atoms with E-state index in [9.17, 15) is 0 Å². The molecule has 5 rings (SSSR count). The number of nitrogens with one attached hydrogen (secondary N) is 1. The van der Waals surface area contributed by atoms with E-state index in [4.69, 9.17) is 12.2 Å². The average Bonchev–Trinajstić information content (AvgIpc) is 3.30. The maximum absolute atomic E-state index is 5.87. The molecule has 0 amide bonds. The van der Waals surface area contributed by atoms with Gasteiger partial charge in [-0.1, -0.05) is 48.5 Å². The molecule has 1 N–H and O–H groups in total. The average molecular weight is 453 g/mol. The fourth-order valence-electron chi connectivity index (χ4n) is 4.95. The molecule has 1 aliphatic rings. The third-order valence-electron chi connectivity index (χ3n) is 6.44. The van der Waals surface area contributed by atoms with E-state index in [1.807, 2.05) is 24.4 Å². The monoisotopic (exact) mass is 452 g/mol. The maximum atomic E-state index is 5.87. The van der Waals surface area contributed by atoms with Crippen LogP contribution in [-0.2, 0) is 6.54 Å². The van der Waals surface area contributed by atoms with Crippen molar-refractivity contribution in [2.75, 3.05) is 0 Å². The van der Waals surface area contributed by atoms with Gasteiger partial charge in [0.25, 0.3) is 0 Å². The van der Waals surface area contributed by atoms with Gasteiger partial charge in [-0.05, 0) is 80.0 Å². The molecular formula is C28H28N4S. The SMILES string of the molecule is Cc1cccc(-n2c(C)cc([C@@H]3[C@@H](c4ccccn4)NC(=S)N3Cc3ccccc3)c2C)c1. The summed E-state index contributed by atoms with van der Waals surface area (Å²) in [5.74, 6) is 0. The second-order valence-corrected chi connectivity index (χ2v) is 9.13. The van der Waals surface area contributed by atoms with Gasteiger partial charge in [0.1, 0.15) is 0 Å². The van der Waals surface area contributed by atoms with Crippen LogP contribution in [0.2, 0.25) is 0 Å². The van der Waals surface area contributed by atoms with E-state index < -0.39 is 0 Å². The highest BCUT2D eigenvalue weighted by molar-refractivity contribution is 7.80. The zero-order valence-electron chi connectivity index (χ0n) is 19.2. The van der Waals surface area contributed by atoms with E-state index in [1.165, 1.54) is 33.8 Å². The Kier molecular flexibility index (Phi) is 5.73. The summed E-state index contributed by atoms with van der Waals surface area (Å²) in [5.41, 5.74) is 8.39. The zero-order valence-corrected chi connectivity index (χ0v) is 20.0. The summed E-state index contributed by atoms with van der Waals surface area (Å²) in [6.07, 6.45) is 1.85. The van der Waals surface area contributed by atoms with Gasteiger partial charge >= 0.3 is 0 Å². The van der Waals surface area contributed by atoms with Crippen LogP contribution in [0, 0.1) is 20.8 Å². The van der Waals surface area contributed by atoms with Crippen molar-refractivity contribution >= 4 is 17.3 Å². The van der Waals surface area contributed by atoms with Crippen molar-refractivity contribution in [3.05, 3.63) is 119 Å². The van der Waals surface area contributed by atoms with Crippen LogP contribution in [0.3, 0.4) is 0 Å². The lowest BCUT2D eigenvalue weighted by Gasteiger charge is -2.28. The summed E-state index contributed by atoms with van der Waals surface area (Å²) in [4.78, 5) is 7.00. The van der Waals surface area contributed by atoms with Crippen LogP contribution in [0.5, 0.6) is 0 Å². The van der Waals surface area contributed by atoms with Crippen LogP contribution >= 0.6 is 12.2 Å². The van der Waals surface area contributed by atoms with E-state index in [1.54, 1.807) is 0 Å². The molecule has 0 spiro atoms. The number of hydrogen-bond acceptors (Lipinski definition) is 2. The molecule has 1 fully saturated rings. The molecule has 5 heteroatoms. The highest BCUT2D eigenvalue weighted by Crippen LogP contribution is 2.42. The summed E-state index contributed by atoms with van der Waals surface area (Å²) in [6, 6.07) is 27.6. The first-order chi connectivity index (χ1) is 16.0. The lowest BCUT2D eigenvalue weighted by molar-refractivity contribution is 0.310. The Hall–Kier alpha value is -3.44. The standard InChI is InChI=1S/C28H28N4S/c1-19-10-9-13-23(16-19)32-20(2)17-24(21(32)3)27-26(25-14-7-8-15-29-25)30-28(33)31(27)18-22-11-5-4-6-12-22/h4-17,26-27H,18H2,1-3H3,(H,30,33)/t26-,27-/m1/s1. The van der Waals surface area contributed by atoms with Crippen molar-refractivity contribution < 1.29 is 0 Å². The minimum atomic E-state index is -0.0196. The number of rotatable bonds is 5. The first kappa shape index (κ1) is 21.4. The zero-order chi connectivity index (χ0) is 22.9. The smallest absolute Gasteiger partial charge is 0.170 e. The summed E-state index contributed by atoms with van der Waals surface area (Å²) < 4.78 is 2.35. The van der Waals surface area contributed by atoms with Crippen LogP contribution in [0.15, 0.2) is 85.1 Å². The Morgan fingerprint density at radius 2 is 1.70 bits per heavy atom. The van der Waals surface area contributed by atoms with Crippen LogP contribution in [-0.4, -0.2) is 19.6 Å². The Bertz CT molecular complexity index is 1280. The van der Waals surface area contributed by atoms with Gasteiger partial charge in [0, 0.05) is 29.8 Å². The third-order valence-corrected chi connectivity index (χ3v) is 6.79. The first-order valence-electron chi connectivity index (χ1n) is 11.3. The molecule has 2 atom stereocenters. The van der Waals surface area contributed by atoms with Gasteiger partial charge in [0.15, 0.2) is 5.11 Å². The predicted molar refractivity (Wildman–Crippen MR) is 137 cm³/mol. The van der Waals surface area contributed by atoms with Crippen molar-refractivity contribution in [3.63, 3.8) is 0 Å². The normalized spacial score (nSPS) is 17.9.